The average Bonchev–Trinajstić information content (AvgIpc) is 2.28. The van der Waals surface area contributed by atoms with Crippen molar-refractivity contribution < 1.29 is 9.90 Å². The first kappa shape index (κ1) is 12.9. The number of aliphatic hydroxyl groups is 1. The fourth-order valence-corrected chi connectivity index (χ4v) is 1.61. The minimum absolute atomic E-state index is 0.0000803. The van der Waals surface area contributed by atoms with Gasteiger partial charge in [0.1, 0.15) is 17.3 Å². The van der Waals surface area contributed by atoms with E-state index in [1.165, 1.54) is 6.33 Å². The van der Waals surface area contributed by atoms with E-state index >= 15 is 0 Å². The van der Waals surface area contributed by atoms with Crippen LogP contribution < -0.4 is 4.90 Å². The molecule has 0 bridgehead atoms. The molecule has 0 amide bonds. The lowest BCUT2D eigenvalue weighted by atomic mass is 10.3. The standard InChI is InChI=1S/C10H14ClN3O2/c1-2-3-14(4-5-15)10-8(6-16)9(11)12-7-13-10/h6-7,15H,2-5H2,1H3. The van der Waals surface area contributed by atoms with E-state index in [0.717, 1.165) is 6.42 Å². The van der Waals surface area contributed by atoms with Crippen molar-refractivity contribution in [1.82, 2.24) is 9.97 Å². The summed E-state index contributed by atoms with van der Waals surface area (Å²) in [6.45, 7) is 3.13. The lowest BCUT2D eigenvalue weighted by Gasteiger charge is -2.23. The van der Waals surface area contributed by atoms with E-state index in [2.05, 4.69) is 9.97 Å². The summed E-state index contributed by atoms with van der Waals surface area (Å²) < 4.78 is 0. The smallest absolute Gasteiger partial charge is 0.156 e. The zero-order valence-corrected chi connectivity index (χ0v) is 9.81. The van der Waals surface area contributed by atoms with Gasteiger partial charge >= 0.3 is 0 Å². The normalized spacial score (nSPS) is 10.2. The van der Waals surface area contributed by atoms with E-state index in [-0.39, 0.29) is 17.3 Å². The van der Waals surface area contributed by atoms with E-state index < -0.39 is 0 Å². The van der Waals surface area contributed by atoms with Crippen molar-refractivity contribution in [3.63, 3.8) is 0 Å². The van der Waals surface area contributed by atoms with Gasteiger partial charge in [-0.2, -0.15) is 0 Å². The number of carbonyl (C=O) groups excluding carboxylic acids is 1. The molecule has 0 fully saturated rings. The lowest BCUT2D eigenvalue weighted by molar-refractivity contribution is 0.112. The summed E-state index contributed by atoms with van der Waals surface area (Å²) >= 11 is 5.80. The average molecular weight is 244 g/mol. The molecule has 0 spiro atoms. The Morgan fingerprint density at radius 3 is 2.81 bits per heavy atom. The van der Waals surface area contributed by atoms with Gasteiger partial charge in [-0.3, -0.25) is 4.79 Å². The Kier molecular flexibility index (Phi) is 5.14. The van der Waals surface area contributed by atoms with Crippen LogP contribution in [0.2, 0.25) is 5.15 Å². The Hall–Kier alpha value is -1.20. The number of aldehydes is 1. The molecule has 0 aromatic carbocycles. The summed E-state index contributed by atoms with van der Waals surface area (Å²) in [7, 11) is 0. The van der Waals surface area contributed by atoms with Crippen molar-refractivity contribution in [3.8, 4) is 0 Å². The van der Waals surface area contributed by atoms with Gasteiger partial charge < -0.3 is 10.0 Å². The third kappa shape index (κ3) is 2.90. The number of rotatable bonds is 6. The number of halogens is 1. The van der Waals surface area contributed by atoms with Gasteiger partial charge in [0.25, 0.3) is 0 Å². The lowest BCUT2D eigenvalue weighted by Crippen LogP contribution is -2.29. The molecular weight excluding hydrogens is 230 g/mol. The van der Waals surface area contributed by atoms with Crippen molar-refractivity contribution in [2.45, 2.75) is 13.3 Å². The molecule has 1 aromatic heterocycles. The van der Waals surface area contributed by atoms with Crippen LogP contribution in [0.1, 0.15) is 23.7 Å². The van der Waals surface area contributed by atoms with Gasteiger partial charge in [-0.15, -0.1) is 0 Å². The quantitative estimate of drug-likeness (QED) is 0.600. The minimum atomic E-state index is -0.0000803. The van der Waals surface area contributed by atoms with Crippen molar-refractivity contribution in [2.75, 3.05) is 24.6 Å². The Bertz CT molecular complexity index is 354. The molecule has 0 radical (unpaired) electrons. The maximum atomic E-state index is 10.9. The summed E-state index contributed by atoms with van der Waals surface area (Å²) in [5, 5.41) is 9.09. The van der Waals surface area contributed by atoms with Crippen LogP contribution in [0.25, 0.3) is 0 Å². The summed E-state index contributed by atoms with van der Waals surface area (Å²) in [6, 6.07) is 0. The molecule has 6 heteroatoms. The highest BCUT2D eigenvalue weighted by atomic mass is 35.5. The zero-order valence-electron chi connectivity index (χ0n) is 9.06. The van der Waals surface area contributed by atoms with Crippen LogP contribution in [0.3, 0.4) is 0 Å². The summed E-state index contributed by atoms with van der Waals surface area (Å²) in [6.07, 6.45) is 2.84. The minimum Gasteiger partial charge on any atom is -0.395 e. The van der Waals surface area contributed by atoms with Crippen molar-refractivity contribution in [1.29, 1.82) is 0 Å². The van der Waals surface area contributed by atoms with Gasteiger partial charge in [0.2, 0.25) is 0 Å². The van der Waals surface area contributed by atoms with Gasteiger partial charge in [0, 0.05) is 13.1 Å². The highest BCUT2D eigenvalue weighted by Gasteiger charge is 2.14. The molecule has 0 saturated heterocycles. The van der Waals surface area contributed by atoms with Gasteiger partial charge in [-0.05, 0) is 6.42 Å². The fraction of sp³-hybridized carbons (Fsp3) is 0.500. The monoisotopic (exact) mass is 243 g/mol. The van der Waals surface area contributed by atoms with Crippen LogP contribution in [-0.4, -0.2) is 41.1 Å². The third-order valence-electron chi connectivity index (χ3n) is 2.10. The van der Waals surface area contributed by atoms with E-state index in [1.807, 2.05) is 11.8 Å². The van der Waals surface area contributed by atoms with Crippen LogP contribution in [0.5, 0.6) is 0 Å². The second-order valence-corrected chi connectivity index (χ2v) is 3.59. The van der Waals surface area contributed by atoms with Gasteiger partial charge in [-0.25, -0.2) is 9.97 Å². The highest BCUT2D eigenvalue weighted by molar-refractivity contribution is 6.32. The van der Waals surface area contributed by atoms with Gasteiger partial charge in [0.05, 0.1) is 12.2 Å². The molecule has 16 heavy (non-hydrogen) atoms. The molecule has 1 N–H and O–H groups in total. The predicted octanol–water partition coefficient (Wildman–Crippen LogP) is 1.15. The molecule has 1 aromatic rings. The van der Waals surface area contributed by atoms with E-state index in [1.54, 1.807) is 0 Å². The van der Waals surface area contributed by atoms with Crippen LogP contribution in [0.15, 0.2) is 6.33 Å². The maximum Gasteiger partial charge on any atom is 0.156 e. The molecule has 0 unspecified atom stereocenters. The molecule has 0 aliphatic heterocycles. The van der Waals surface area contributed by atoms with Gasteiger partial charge in [0.15, 0.2) is 6.29 Å². The summed E-state index contributed by atoms with van der Waals surface area (Å²) in [5.41, 5.74) is 0.270. The number of anilines is 1. The SMILES string of the molecule is CCCN(CCO)c1ncnc(Cl)c1C=O. The van der Waals surface area contributed by atoms with Crippen molar-refractivity contribution in [3.05, 3.63) is 17.0 Å². The molecule has 1 heterocycles. The second-order valence-electron chi connectivity index (χ2n) is 3.23. The second kappa shape index (κ2) is 6.40. The highest BCUT2D eigenvalue weighted by Crippen LogP contribution is 2.21. The first-order valence-corrected chi connectivity index (χ1v) is 5.43. The number of hydrogen-bond donors (Lipinski definition) is 1. The number of nitrogens with zero attached hydrogens (tertiary/aromatic N) is 3. The Labute approximate surface area is 99.1 Å². The molecule has 0 aliphatic carbocycles. The van der Waals surface area contributed by atoms with Crippen LogP contribution in [0, 0.1) is 0 Å². The van der Waals surface area contributed by atoms with Crippen molar-refractivity contribution >= 4 is 23.7 Å². The predicted molar refractivity (Wildman–Crippen MR) is 62.0 cm³/mol. The van der Waals surface area contributed by atoms with E-state index in [4.69, 9.17) is 16.7 Å². The first-order chi connectivity index (χ1) is 7.74. The van der Waals surface area contributed by atoms with Gasteiger partial charge in [-0.1, -0.05) is 18.5 Å². The molecule has 0 aliphatic rings. The summed E-state index contributed by atoms with van der Waals surface area (Å²) in [4.78, 5) is 20.5. The molecule has 0 saturated carbocycles. The first-order valence-electron chi connectivity index (χ1n) is 5.06. The number of hydrogen-bond acceptors (Lipinski definition) is 5. The number of carbonyl (C=O) groups is 1. The molecule has 1 rings (SSSR count). The summed E-state index contributed by atoms with van der Waals surface area (Å²) in [5.74, 6) is 0.478. The Morgan fingerprint density at radius 2 is 2.25 bits per heavy atom. The number of aromatic nitrogens is 2. The number of aliphatic hydroxyl groups excluding tert-OH is 1. The largest absolute Gasteiger partial charge is 0.395 e. The van der Waals surface area contributed by atoms with E-state index in [9.17, 15) is 4.79 Å². The molecule has 5 nitrogen and oxygen atoms in total. The topological polar surface area (TPSA) is 66.3 Å². The molecular formula is C10H14ClN3O2. The third-order valence-corrected chi connectivity index (χ3v) is 2.40. The zero-order chi connectivity index (χ0) is 12.0. The fourth-order valence-electron chi connectivity index (χ4n) is 1.43. The Morgan fingerprint density at radius 1 is 1.50 bits per heavy atom. The molecule has 0 atom stereocenters. The maximum absolute atomic E-state index is 10.9. The van der Waals surface area contributed by atoms with Crippen LogP contribution >= 0.6 is 11.6 Å². The van der Waals surface area contributed by atoms with Crippen LogP contribution in [-0.2, 0) is 0 Å². The van der Waals surface area contributed by atoms with E-state index in [0.29, 0.717) is 25.2 Å². The Balaban J connectivity index is 3.07. The van der Waals surface area contributed by atoms with Crippen molar-refractivity contribution in [2.24, 2.45) is 0 Å². The molecule has 88 valence electrons. The van der Waals surface area contributed by atoms with Crippen LogP contribution in [0.4, 0.5) is 5.82 Å².